The minimum Gasteiger partial charge on any atom is -0.254 e. The van der Waals surface area contributed by atoms with Gasteiger partial charge in [0.05, 0.1) is 60.8 Å². The highest BCUT2D eigenvalue weighted by molar-refractivity contribution is 7.87. The van der Waals surface area contributed by atoms with Gasteiger partial charge in [0.1, 0.15) is 0 Å². The first kappa shape index (κ1) is 26.1. The topological polar surface area (TPSA) is 179 Å². The average Bonchev–Trinajstić information content (AvgIpc) is 3.22. The number of benzene rings is 3. The third-order valence-corrected chi connectivity index (χ3v) is 10.5. The Hall–Kier alpha value is -5.94. The summed E-state index contributed by atoms with van der Waals surface area (Å²) in [7, 11) is -3.24. The smallest absolute Gasteiger partial charge is 0.220 e. The van der Waals surface area contributed by atoms with E-state index in [-0.39, 0.29) is 0 Å². The fourth-order valence-electron chi connectivity index (χ4n) is 4.94. The van der Waals surface area contributed by atoms with Crippen molar-refractivity contribution in [3.05, 3.63) is 102 Å². The van der Waals surface area contributed by atoms with Gasteiger partial charge in [-0.3, -0.25) is 4.74 Å². The Balaban J connectivity index is 2.40. The van der Waals surface area contributed by atoms with E-state index in [2.05, 4.69) is 0 Å². The van der Waals surface area contributed by atoms with Crippen LogP contribution >= 0.6 is 7.05 Å². The molecule has 0 amide bonds. The molecule has 0 unspecified atom stereocenters. The van der Waals surface area contributed by atoms with E-state index in [4.69, 9.17) is 4.74 Å². The van der Waals surface area contributed by atoms with Crippen molar-refractivity contribution in [2.45, 2.75) is 0 Å². The summed E-state index contributed by atoms with van der Waals surface area (Å²) in [5.41, 5.74) is -9.50. The molecular formula is C30H15N8P. The largest absolute Gasteiger partial charge is 0.254 e. The molecule has 0 aliphatic heterocycles. The molecule has 3 aromatic rings. The summed E-state index contributed by atoms with van der Waals surface area (Å²) >= 11 is 0. The predicted octanol–water partition coefficient (Wildman–Crippen LogP) is 4.06. The normalized spacial score (nSPS) is 16.0. The van der Waals surface area contributed by atoms with E-state index in [0.717, 1.165) is 0 Å². The molecule has 180 valence electrons. The van der Waals surface area contributed by atoms with Crippen LogP contribution in [0, 0.1) is 95.6 Å². The summed E-state index contributed by atoms with van der Waals surface area (Å²) in [4.78, 5) is 0. The molecule has 3 aromatic carbocycles. The summed E-state index contributed by atoms with van der Waals surface area (Å²) in [6, 6.07) is 38.9. The molecule has 4 rings (SSSR count). The van der Waals surface area contributed by atoms with Crippen LogP contribution in [0.15, 0.2) is 107 Å². The molecule has 0 fully saturated rings. The predicted molar refractivity (Wildman–Crippen MR) is 141 cm³/mol. The number of rotatable bonds is 4. The molecule has 1 aliphatic carbocycles. The highest BCUT2D eigenvalue weighted by Gasteiger charge is 2.77. The minimum atomic E-state index is -3.24. The van der Waals surface area contributed by atoms with Crippen LogP contribution in [0.5, 0.6) is 0 Å². The number of hydrogen-bond donors (Lipinski definition) is 0. The summed E-state index contributed by atoms with van der Waals surface area (Å²) in [6.07, 6.45) is 0. The van der Waals surface area contributed by atoms with Crippen molar-refractivity contribution in [3.8, 4) is 42.5 Å². The van der Waals surface area contributed by atoms with E-state index >= 15 is 0 Å². The Morgan fingerprint density at radius 1 is 0.487 bits per heavy atom. The van der Waals surface area contributed by atoms with Crippen molar-refractivity contribution in [2.24, 2.45) is 21.0 Å². The van der Waals surface area contributed by atoms with Crippen LogP contribution in [0.1, 0.15) is 0 Å². The van der Waals surface area contributed by atoms with Crippen LogP contribution in [0.3, 0.4) is 0 Å². The Morgan fingerprint density at radius 3 is 1.13 bits per heavy atom. The van der Waals surface area contributed by atoms with Gasteiger partial charge in [-0.15, -0.1) is 0 Å². The van der Waals surface area contributed by atoms with Gasteiger partial charge in [0, 0.05) is 15.9 Å². The molecule has 0 N–H and O–H groups in total. The maximum Gasteiger partial charge on any atom is 0.220 e. The van der Waals surface area contributed by atoms with E-state index in [0.29, 0.717) is 15.9 Å². The van der Waals surface area contributed by atoms with Crippen molar-refractivity contribution in [2.75, 3.05) is 0 Å². The first-order valence-corrected chi connectivity index (χ1v) is 13.1. The van der Waals surface area contributed by atoms with Gasteiger partial charge >= 0.3 is 0 Å². The van der Waals surface area contributed by atoms with Crippen LogP contribution in [-0.4, -0.2) is 0 Å². The number of nitrogens with zero attached hydrogens (tertiary/aromatic N) is 8. The SMILES string of the molecule is N#CC1=C(N=P(c2ccccc2)(c2ccccc2)c2ccccc2)C(C#N)(C#N)C(C#N)(C#N)C1(C#N)C#N. The molecule has 9 heteroatoms. The van der Waals surface area contributed by atoms with Gasteiger partial charge < -0.3 is 0 Å². The zero-order valence-electron chi connectivity index (χ0n) is 20.2. The first-order valence-electron chi connectivity index (χ1n) is 11.4. The van der Waals surface area contributed by atoms with Crippen molar-refractivity contribution < 1.29 is 0 Å². The molecule has 8 nitrogen and oxygen atoms in total. The lowest BCUT2D eigenvalue weighted by molar-refractivity contribution is 0.280. The average molecular weight is 518 g/mol. The molecule has 0 radical (unpaired) electrons. The fraction of sp³-hybridized carbons (Fsp3) is 0.100. The monoisotopic (exact) mass is 518 g/mol. The summed E-state index contributed by atoms with van der Waals surface area (Å²) < 4.78 is 5.07. The molecule has 0 saturated carbocycles. The second kappa shape index (κ2) is 9.84. The van der Waals surface area contributed by atoms with Crippen LogP contribution in [0.4, 0.5) is 0 Å². The van der Waals surface area contributed by atoms with Crippen LogP contribution in [0.2, 0.25) is 0 Å². The van der Waals surface area contributed by atoms with Gasteiger partial charge in [0.15, 0.2) is 0 Å². The summed E-state index contributed by atoms with van der Waals surface area (Å²) in [5, 5.41) is 74.1. The number of allylic oxidation sites excluding steroid dienone is 2. The molecule has 39 heavy (non-hydrogen) atoms. The van der Waals surface area contributed by atoms with Crippen molar-refractivity contribution >= 4 is 23.0 Å². The van der Waals surface area contributed by atoms with Crippen molar-refractivity contribution in [1.29, 1.82) is 36.8 Å². The van der Waals surface area contributed by atoms with Crippen LogP contribution in [-0.2, 0) is 0 Å². The van der Waals surface area contributed by atoms with Crippen molar-refractivity contribution in [3.63, 3.8) is 0 Å². The quantitative estimate of drug-likeness (QED) is 0.467. The zero-order chi connectivity index (χ0) is 28.2. The lowest BCUT2D eigenvalue weighted by Crippen LogP contribution is -2.46. The molecule has 0 saturated heterocycles. The number of nitriles is 7. The molecule has 0 bridgehead atoms. The molecule has 0 aromatic heterocycles. The Morgan fingerprint density at radius 2 is 0.846 bits per heavy atom. The van der Waals surface area contributed by atoms with Gasteiger partial charge in [-0.05, 0) is 0 Å². The zero-order valence-corrected chi connectivity index (χ0v) is 21.1. The van der Waals surface area contributed by atoms with Gasteiger partial charge in [-0.25, -0.2) is 0 Å². The third-order valence-electron chi connectivity index (χ3n) is 6.85. The molecule has 0 atom stereocenters. The van der Waals surface area contributed by atoms with Gasteiger partial charge in [-0.2, -0.15) is 36.8 Å². The van der Waals surface area contributed by atoms with E-state index < -0.39 is 34.6 Å². The van der Waals surface area contributed by atoms with Gasteiger partial charge in [0.25, 0.3) is 0 Å². The Labute approximate surface area is 225 Å². The second-order valence-corrected chi connectivity index (χ2v) is 11.5. The van der Waals surface area contributed by atoms with Crippen LogP contribution in [0.25, 0.3) is 0 Å². The standard InChI is InChI=1S/C30H15N8P/c31-16-26-27(29(19-34,20-35)30(21-36,22-37)28(26,17-32)18-33)38-39(23-10-4-1-5-11-23,24-12-6-2-7-13-24)25-14-8-3-9-15-25/h1-15H. The minimum absolute atomic E-state index is 0.522. The van der Waals surface area contributed by atoms with E-state index in [9.17, 15) is 36.8 Å². The third kappa shape index (κ3) is 3.21. The van der Waals surface area contributed by atoms with E-state index in [1.807, 2.05) is 54.6 Å². The summed E-state index contributed by atoms with van der Waals surface area (Å²) in [6.45, 7) is 0. The van der Waals surface area contributed by atoms with Crippen LogP contribution < -0.4 is 15.9 Å². The lowest BCUT2D eigenvalue weighted by atomic mass is 9.57. The second-order valence-electron chi connectivity index (χ2n) is 8.50. The maximum atomic E-state index is 10.4. The molecule has 1 aliphatic rings. The first-order chi connectivity index (χ1) is 19.0. The molecule has 0 spiro atoms. The Bertz CT molecular complexity index is 1700. The fourth-order valence-corrected chi connectivity index (χ4v) is 8.54. The van der Waals surface area contributed by atoms with Crippen molar-refractivity contribution in [1.82, 2.24) is 0 Å². The summed E-state index contributed by atoms with van der Waals surface area (Å²) in [5.74, 6) is 0. The number of hydrogen-bond acceptors (Lipinski definition) is 8. The maximum absolute atomic E-state index is 10.4. The van der Waals surface area contributed by atoms with E-state index in [1.165, 1.54) is 0 Å². The van der Waals surface area contributed by atoms with E-state index in [1.54, 1.807) is 78.9 Å². The highest BCUT2D eigenvalue weighted by Crippen LogP contribution is 2.66. The molecule has 0 heterocycles. The highest BCUT2D eigenvalue weighted by atomic mass is 31.2. The lowest BCUT2D eigenvalue weighted by Gasteiger charge is -2.32. The van der Waals surface area contributed by atoms with Gasteiger partial charge in [-0.1, -0.05) is 91.0 Å². The molecular weight excluding hydrogens is 503 g/mol. The Kier molecular flexibility index (Phi) is 6.59. The van der Waals surface area contributed by atoms with Gasteiger partial charge in [0.2, 0.25) is 16.2 Å².